The lowest BCUT2D eigenvalue weighted by Crippen LogP contribution is -2.21. The molecule has 0 aliphatic rings. The molecule has 0 saturated carbocycles. The van der Waals surface area contributed by atoms with Crippen molar-refractivity contribution in [2.45, 2.75) is 6.54 Å². The van der Waals surface area contributed by atoms with Crippen molar-refractivity contribution in [3.05, 3.63) is 96.2 Å². The maximum atomic E-state index is 12.4. The second-order valence-electron chi connectivity index (χ2n) is 7.75. The van der Waals surface area contributed by atoms with Gasteiger partial charge < -0.3 is 20.5 Å². The number of aromatic nitrogens is 2. The van der Waals surface area contributed by atoms with E-state index in [0.717, 1.165) is 44.3 Å². The summed E-state index contributed by atoms with van der Waals surface area (Å²) in [4.78, 5) is 20.6. The number of phenolic OH excluding ortho intramolecular Hbond substituents is 2. The first-order valence-corrected chi connectivity index (χ1v) is 10.5. The van der Waals surface area contributed by atoms with E-state index in [-0.39, 0.29) is 24.0 Å². The molecule has 6 heteroatoms. The molecule has 2 aromatic heterocycles. The number of nitrogens with one attached hydrogen (secondary N) is 2. The molecular weight excluding hydrogens is 414 g/mol. The number of H-pyrrole nitrogens is 1. The Morgan fingerprint density at radius 1 is 0.909 bits per heavy atom. The van der Waals surface area contributed by atoms with E-state index in [0.29, 0.717) is 0 Å². The summed E-state index contributed by atoms with van der Waals surface area (Å²) in [7, 11) is 0. The lowest BCUT2D eigenvalue weighted by molar-refractivity contribution is -0.116. The zero-order chi connectivity index (χ0) is 22.8. The van der Waals surface area contributed by atoms with Gasteiger partial charge in [-0.05, 0) is 60.2 Å². The number of rotatable bonds is 5. The van der Waals surface area contributed by atoms with E-state index < -0.39 is 0 Å². The van der Waals surface area contributed by atoms with Crippen LogP contribution in [-0.2, 0) is 11.3 Å². The average molecular weight is 435 g/mol. The molecule has 0 radical (unpaired) electrons. The topological polar surface area (TPSA) is 98.2 Å². The summed E-state index contributed by atoms with van der Waals surface area (Å²) in [5.74, 6) is 0.0782. The zero-order valence-corrected chi connectivity index (χ0v) is 17.6. The van der Waals surface area contributed by atoms with Crippen LogP contribution in [0.2, 0.25) is 0 Å². The lowest BCUT2D eigenvalue weighted by Gasteiger charge is -2.08. The van der Waals surface area contributed by atoms with Crippen LogP contribution in [0.1, 0.15) is 11.3 Å². The molecule has 6 nitrogen and oxygen atoms in total. The van der Waals surface area contributed by atoms with E-state index >= 15 is 0 Å². The van der Waals surface area contributed by atoms with Crippen molar-refractivity contribution in [1.29, 1.82) is 0 Å². The van der Waals surface area contributed by atoms with Crippen LogP contribution in [0.15, 0.2) is 84.9 Å². The second-order valence-corrected chi connectivity index (χ2v) is 7.75. The summed E-state index contributed by atoms with van der Waals surface area (Å²) in [5.41, 5.74) is 4.97. The molecule has 0 bridgehead atoms. The fourth-order valence-corrected chi connectivity index (χ4v) is 3.85. The summed E-state index contributed by atoms with van der Waals surface area (Å²) in [6.07, 6.45) is 3.08. The van der Waals surface area contributed by atoms with Crippen molar-refractivity contribution in [2.24, 2.45) is 0 Å². The molecule has 5 rings (SSSR count). The molecule has 0 atom stereocenters. The molecule has 0 aliphatic carbocycles. The van der Waals surface area contributed by atoms with Gasteiger partial charge in [0.1, 0.15) is 11.5 Å². The molecule has 5 aromatic rings. The molecule has 33 heavy (non-hydrogen) atoms. The van der Waals surface area contributed by atoms with Gasteiger partial charge in [-0.25, -0.2) is 4.98 Å². The molecule has 2 heterocycles. The van der Waals surface area contributed by atoms with Crippen LogP contribution in [0.3, 0.4) is 0 Å². The van der Waals surface area contributed by atoms with Gasteiger partial charge in [-0.15, -0.1) is 0 Å². The molecule has 0 aliphatic heterocycles. The van der Waals surface area contributed by atoms with Crippen LogP contribution in [0.5, 0.6) is 11.5 Å². The van der Waals surface area contributed by atoms with Crippen molar-refractivity contribution in [1.82, 2.24) is 15.3 Å². The van der Waals surface area contributed by atoms with Crippen molar-refractivity contribution in [2.75, 3.05) is 0 Å². The molecular formula is C27H21N3O3. The summed E-state index contributed by atoms with van der Waals surface area (Å²) in [6, 6.07) is 23.6. The molecule has 0 spiro atoms. The third-order valence-electron chi connectivity index (χ3n) is 5.43. The van der Waals surface area contributed by atoms with Gasteiger partial charge in [-0.3, -0.25) is 4.79 Å². The highest BCUT2D eigenvalue weighted by atomic mass is 16.3. The van der Waals surface area contributed by atoms with Gasteiger partial charge >= 0.3 is 0 Å². The van der Waals surface area contributed by atoms with Crippen molar-refractivity contribution < 1.29 is 15.0 Å². The number of fused-ring (bicyclic) bond motifs is 3. The van der Waals surface area contributed by atoms with Crippen LogP contribution in [-0.4, -0.2) is 26.1 Å². The first-order chi connectivity index (χ1) is 16.1. The number of aromatic amines is 1. The molecule has 0 fully saturated rings. The summed E-state index contributed by atoms with van der Waals surface area (Å²) < 4.78 is 0. The predicted molar refractivity (Wildman–Crippen MR) is 130 cm³/mol. The van der Waals surface area contributed by atoms with E-state index in [4.69, 9.17) is 4.98 Å². The number of aromatic hydroxyl groups is 2. The molecule has 4 N–H and O–H groups in total. The third-order valence-corrected chi connectivity index (χ3v) is 5.43. The van der Waals surface area contributed by atoms with Gasteiger partial charge in [-0.1, -0.05) is 30.3 Å². The predicted octanol–water partition coefficient (Wildman–Crippen LogP) is 5.12. The Morgan fingerprint density at radius 3 is 2.55 bits per heavy atom. The quantitative estimate of drug-likeness (QED) is 0.288. The van der Waals surface area contributed by atoms with Gasteiger partial charge in [0.05, 0.1) is 23.4 Å². The van der Waals surface area contributed by atoms with Gasteiger partial charge in [0.15, 0.2) is 0 Å². The number of pyridine rings is 1. The maximum absolute atomic E-state index is 12.4. The molecule has 162 valence electrons. The zero-order valence-electron chi connectivity index (χ0n) is 17.6. The number of hydrogen-bond acceptors (Lipinski definition) is 4. The van der Waals surface area contributed by atoms with Crippen LogP contribution in [0, 0.1) is 0 Å². The van der Waals surface area contributed by atoms with Crippen LogP contribution >= 0.6 is 0 Å². The highest BCUT2D eigenvalue weighted by Gasteiger charge is 2.14. The summed E-state index contributed by atoms with van der Waals surface area (Å²) >= 11 is 0. The fraction of sp³-hybridized carbons (Fsp3) is 0.0370. The van der Waals surface area contributed by atoms with Crippen LogP contribution < -0.4 is 5.32 Å². The Hall–Kier alpha value is -4.58. The molecule has 1 amide bonds. The fourth-order valence-electron chi connectivity index (χ4n) is 3.85. The number of carbonyl (C=O) groups excluding carboxylic acids is 1. The third kappa shape index (κ3) is 4.27. The molecule has 3 aromatic carbocycles. The Morgan fingerprint density at radius 2 is 1.73 bits per heavy atom. The monoisotopic (exact) mass is 435 g/mol. The minimum atomic E-state index is -0.259. The number of hydrogen-bond donors (Lipinski definition) is 4. The minimum Gasteiger partial charge on any atom is -0.508 e. The Bertz CT molecular complexity index is 1500. The molecule has 0 saturated heterocycles. The number of nitrogens with zero attached hydrogens (tertiary/aromatic N) is 1. The first kappa shape index (κ1) is 20.3. The SMILES string of the molecule is O=C(/C=C/c1cccc(O)c1)NCc1cc2c([nH]c3ccccc32)c(-c2ccc(O)cc2)n1. The largest absolute Gasteiger partial charge is 0.508 e. The maximum Gasteiger partial charge on any atom is 0.244 e. The molecule has 0 unspecified atom stereocenters. The van der Waals surface area contributed by atoms with E-state index in [2.05, 4.69) is 16.4 Å². The van der Waals surface area contributed by atoms with Crippen LogP contribution in [0.25, 0.3) is 39.1 Å². The van der Waals surface area contributed by atoms with Crippen molar-refractivity contribution in [3.63, 3.8) is 0 Å². The van der Waals surface area contributed by atoms with Crippen LogP contribution in [0.4, 0.5) is 0 Å². The first-order valence-electron chi connectivity index (χ1n) is 10.5. The normalized spacial score (nSPS) is 11.4. The van der Waals surface area contributed by atoms with E-state index in [1.165, 1.54) is 6.08 Å². The standard InChI is InChI=1S/C27H21N3O3/c31-20-11-9-18(10-12-20)26-27-23(22-6-1-2-7-24(22)30-27)15-19(29-26)16-28-25(33)13-8-17-4-3-5-21(32)14-17/h1-15,30-32H,16H2,(H,28,33)/b13-8+. The number of carbonyl (C=O) groups is 1. The number of phenols is 2. The number of para-hydroxylation sites is 1. The van der Waals surface area contributed by atoms with Gasteiger partial charge in [-0.2, -0.15) is 0 Å². The van der Waals surface area contributed by atoms with Crippen molar-refractivity contribution >= 4 is 33.8 Å². The van der Waals surface area contributed by atoms with Gasteiger partial charge in [0, 0.05) is 27.9 Å². The van der Waals surface area contributed by atoms with E-state index in [1.807, 2.05) is 36.4 Å². The highest BCUT2D eigenvalue weighted by Crippen LogP contribution is 2.33. The summed E-state index contributed by atoms with van der Waals surface area (Å²) in [5, 5.41) is 24.2. The average Bonchev–Trinajstić information content (AvgIpc) is 3.20. The number of benzene rings is 3. The second kappa shape index (κ2) is 8.51. The highest BCUT2D eigenvalue weighted by molar-refractivity contribution is 6.11. The Balaban J connectivity index is 1.47. The van der Waals surface area contributed by atoms with Gasteiger partial charge in [0.2, 0.25) is 5.91 Å². The van der Waals surface area contributed by atoms with Crippen molar-refractivity contribution in [3.8, 4) is 22.8 Å². The van der Waals surface area contributed by atoms with E-state index in [1.54, 1.807) is 42.5 Å². The Kier molecular flexibility index (Phi) is 5.24. The smallest absolute Gasteiger partial charge is 0.244 e. The van der Waals surface area contributed by atoms with Gasteiger partial charge in [0.25, 0.3) is 0 Å². The number of amides is 1. The summed E-state index contributed by atoms with van der Waals surface area (Å²) in [6.45, 7) is 0.254. The van der Waals surface area contributed by atoms with E-state index in [9.17, 15) is 15.0 Å². The Labute approximate surface area is 189 Å². The lowest BCUT2D eigenvalue weighted by atomic mass is 10.1. The minimum absolute atomic E-state index is 0.149.